The number of guanidine groups is 1. The van der Waals surface area contributed by atoms with E-state index in [1.54, 1.807) is 11.3 Å². The van der Waals surface area contributed by atoms with Crippen molar-refractivity contribution in [1.29, 1.82) is 0 Å². The van der Waals surface area contributed by atoms with Gasteiger partial charge in [-0.3, -0.25) is 4.99 Å². The molecule has 1 aliphatic rings. The molecule has 0 amide bonds. The van der Waals surface area contributed by atoms with Crippen LogP contribution in [0.3, 0.4) is 0 Å². The van der Waals surface area contributed by atoms with Crippen molar-refractivity contribution in [3.8, 4) is 0 Å². The quantitative estimate of drug-likeness (QED) is 0.223. The molecule has 1 aromatic rings. The van der Waals surface area contributed by atoms with Gasteiger partial charge in [0.05, 0.1) is 17.6 Å². The van der Waals surface area contributed by atoms with Crippen molar-refractivity contribution in [2.75, 3.05) is 46.1 Å². The Hall–Kier alpha value is -0.0900. The van der Waals surface area contributed by atoms with Crippen LogP contribution < -0.4 is 10.6 Å². The molecule has 0 radical (unpaired) electrons. The largest absolute Gasteiger partial charge is 0.381 e. The minimum absolute atomic E-state index is 0. The van der Waals surface area contributed by atoms with Crippen molar-refractivity contribution in [3.05, 3.63) is 21.3 Å². The maximum Gasteiger partial charge on any atom is 0.191 e. The molecule has 2 N–H and O–H groups in total. The molecule has 1 aromatic heterocycles. The van der Waals surface area contributed by atoms with E-state index in [-0.39, 0.29) is 24.0 Å². The molecule has 1 saturated heterocycles. The van der Waals surface area contributed by atoms with Gasteiger partial charge in [-0.05, 0) is 38.3 Å². The number of nitrogens with zero attached hydrogens (tertiary/aromatic N) is 1. The lowest BCUT2D eigenvalue weighted by molar-refractivity contribution is 0.0893. The Morgan fingerprint density at radius 1 is 1.44 bits per heavy atom. The van der Waals surface area contributed by atoms with E-state index in [9.17, 15) is 0 Å². The van der Waals surface area contributed by atoms with Gasteiger partial charge in [-0.1, -0.05) is 11.6 Å². The average Bonchev–Trinajstić information content (AvgIpc) is 3.22. The molecule has 1 aliphatic heterocycles. The predicted octanol–water partition coefficient (Wildman–Crippen LogP) is 3.56. The first-order valence-electron chi connectivity index (χ1n) is 8.69. The summed E-state index contributed by atoms with van der Waals surface area (Å²) in [4.78, 5) is 5.87. The average molecular weight is 502 g/mol. The van der Waals surface area contributed by atoms with Crippen molar-refractivity contribution in [1.82, 2.24) is 10.6 Å². The molecule has 144 valence electrons. The van der Waals surface area contributed by atoms with Crippen LogP contribution in [0.25, 0.3) is 0 Å². The fourth-order valence-electron chi connectivity index (χ4n) is 2.45. The highest BCUT2D eigenvalue weighted by atomic mass is 127. The molecule has 0 bridgehead atoms. The lowest BCUT2D eigenvalue weighted by Crippen LogP contribution is -2.38. The topological polar surface area (TPSA) is 54.9 Å². The van der Waals surface area contributed by atoms with Gasteiger partial charge in [-0.15, -0.1) is 35.3 Å². The molecule has 25 heavy (non-hydrogen) atoms. The van der Waals surface area contributed by atoms with Gasteiger partial charge < -0.3 is 20.1 Å². The Balaban J connectivity index is 0.00000312. The number of thiophene rings is 1. The highest BCUT2D eigenvalue weighted by Crippen LogP contribution is 2.21. The van der Waals surface area contributed by atoms with Gasteiger partial charge in [0.15, 0.2) is 5.96 Å². The third-order valence-electron chi connectivity index (χ3n) is 3.73. The SMILES string of the molecule is CCNC(=NCCCOCC1CCOC1)NCCc1ccc(Cl)s1.I. The molecule has 5 nitrogen and oxygen atoms in total. The smallest absolute Gasteiger partial charge is 0.191 e. The first-order chi connectivity index (χ1) is 11.8. The Bertz CT molecular complexity index is 496. The van der Waals surface area contributed by atoms with Gasteiger partial charge in [-0.2, -0.15) is 0 Å². The fourth-order valence-corrected chi connectivity index (χ4v) is 3.54. The number of halogens is 2. The van der Waals surface area contributed by atoms with E-state index in [1.807, 2.05) is 6.07 Å². The van der Waals surface area contributed by atoms with Crippen molar-refractivity contribution in [2.24, 2.45) is 10.9 Å². The van der Waals surface area contributed by atoms with Gasteiger partial charge in [0.2, 0.25) is 0 Å². The van der Waals surface area contributed by atoms with Gasteiger partial charge in [0, 0.05) is 43.6 Å². The summed E-state index contributed by atoms with van der Waals surface area (Å²) in [6, 6.07) is 4.02. The molecule has 0 spiro atoms. The van der Waals surface area contributed by atoms with E-state index in [1.165, 1.54) is 4.88 Å². The van der Waals surface area contributed by atoms with E-state index in [2.05, 4.69) is 28.6 Å². The van der Waals surface area contributed by atoms with E-state index in [0.717, 1.165) is 75.6 Å². The lowest BCUT2D eigenvalue weighted by atomic mass is 10.1. The summed E-state index contributed by atoms with van der Waals surface area (Å²) in [5, 5.41) is 6.63. The summed E-state index contributed by atoms with van der Waals surface area (Å²) in [6.45, 7) is 7.84. The van der Waals surface area contributed by atoms with Crippen LogP contribution in [0.5, 0.6) is 0 Å². The second-order valence-corrected chi connectivity index (χ2v) is 7.60. The maximum atomic E-state index is 5.95. The number of aliphatic imine (C=N–C) groups is 1. The molecular formula is C17H29ClIN3O2S. The van der Waals surface area contributed by atoms with Gasteiger partial charge in [-0.25, -0.2) is 0 Å². The van der Waals surface area contributed by atoms with E-state index in [4.69, 9.17) is 21.1 Å². The van der Waals surface area contributed by atoms with Crippen LogP contribution in [0, 0.1) is 5.92 Å². The van der Waals surface area contributed by atoms with Crippen LogP contribution in [-0.2, 0) is 15.9 Å². The number of rotatable bonds is 10. The molecule has 8 heteroatoms. The van der Waals surface area contributed by atoms with E-state index >= 15 is 0 Å². The molecular weight excluding hydrogens is 473 g/mol. The van der Waals surface area contributed by atoms with Gasteiger partial charge >= 0.3 is 0 Å². The third-order valence-corrected chi connectivity index (χ3v) is 5.02. The van der Waals surface area contributed by atoms with E-state index in [0.29, 0.717) is 5.92 Å². The molecule has 1 atom stereocenters. The second-order valence-electron chi connectivity index (χ2n) is 5.80. The fraction of sp³-hybridized carbons (Fsp3) is 0.706. The van der Waals surface area contributed by atoms with Crippen molar-refractivity contribution in [3.63, 3.8) is 0 Å². The highest BCUT2D eigenvalue weighted by molar-refractivity contribution is 14.0. The Morgan fingerprint density at radius 3 is 3.00 bits per heavy atom. The maximum absolute atomic E-state index is 5.95. The van der Waals surface area contributed by atoms with Crippen LogP contribution in [-0.4, -0.2) is 52.0 Å². The van der Waals surface area contributed by atoms with Crippen LogP contribution in [0.15, 0.2) is 17.1 Å². The monoisotopic (exact) mass is 501 g/mol. The zero-order valence-electron chi connectivity index (χ0n) is 14.8. The van der Waals surface area contributed by atoms with Crippen LogP contribution >= 0.6 is 46.9 Å². The van der Waals surface area contributed by atoms with Crippen molar-refractivity contribution < 1.29 is 9.47 Å². The Kier molecular flexibility index (Phi) is 12.9. The highest BCUT2D eigenvalue weighted by Gasteiger charge is 2.15. The van der Waals surface area contributed by atoms with Crippen LogP contribution in [0.1, 0.15) is 24.6 Å². The zero-order chi connectivity index (χ0) is 17.0. The minimum Gasteiger partial charge on any atom is -0.381 e. The normalized spacial score (nSPS) is 17.4. The summed E-state index contributed by atoms with van der Waals surface area (Å²) < 4.78 is 11.9. The molecule has 2 rings (SSSR count). The molecule has 0 saturated carbocycles. The summed E-state index contributed by atoms with van der Waals surface area (Å²) in [7, 11) is 0. The first-order valence-corrected chi connectivity index (χ1v) is 9.89. The molecule has 2 heterocycles. The van der Waals surface area contributed by atoms with Crippen LogP contribution in [0.2, 0.25) is 4.34 Å². The Labute approximate surface area is 176 Å². The Morgan fingerprint density at radius 2 is 2.32 bits per heavy atom. The number of hydrogen-bond donors (Lipinski definition) is 2. The number of nitrogens with one attached hydrogen (secondary N) is 2. The zero-order valence-corrected chi connectivity index (χ0v) is 18.7. The standard InChI is InChI=1S/C17H28ClN3O2S.HI/c1-2-19-17(21-9-6-15-4-5-16(18)24-15)20-8-3-10-22-12-14-7-11-23-13-14;/h4-5,14H,2-3,6-13H2,1H3,(H2,19,20,21);1H. The number of ether oxygens (including phenoxy) is 2. The molecule has 0 aromatic carbocycles. The molecule has 1 fully saturated rings. The summed E-state index contributed by atoms with van der Waals surface area (Å²) in [5.41, 5.74) is 0. The number of hydrogen-bond acceptors (Lipinski definition) is 4. The third kappa shape index (κ3) is 9.98. The summed E-state index contributed by atoms with van der Waals surface area (Å²) in [6.07, 6.45) is 3.02. The van der Waals surface area contributed by atoms with Crippen molar-refractivity contribution >= 4 is 52.9 Å². The minimum atomic E-state index is 0. The second kappa shape index (κ2) is 14.0. The summed E-state index contributed by atoms with van der Waals surface area (Å²) >= 11 is 7.58. The van der Waals surface area contributed by atoms with E-state index < -0.39 is 0 Å². The van der Waals surface area contributed by atoms with Gasteiger partial charge in [0.25, 0.3) is 0 Å². The van der Waals surface area contributed by atoms with Crippen LogP contribution in [0.4, 0.5) is 0 Å². The van der Waals surface area contributed by atoms with Crippen molar-refractivity contribution in [2.45, 2.75) is 26.2 Å². The molecule has 0 aliphatic carbocycles. The molecule has 1 unspecified atom stereocenters. The predicted molar refractivity (Wildman–Crippen MR) is 117 cm³/mol. The van der Waals surface area contributed by atoms with Gasteiger partial charge in [0.1, 0.15) is 0 Å². The summed E-state index contributed by atoms with van der Waals surface area (Å²) in [5.74, 6) is 1.45. The first kappa shape index (κ1) is 23.0. The lowest BCUT2D eigenvalue weighted by Gasteiger charge is -2.11.